The van der Waals surface area contributed by atoms with Crippen LogP contribution in [-0.2, 0) is 9.59 Å². The van der Waals surface area contributed by atoms with Crippen LogP contribution < -0.4 is 10.6 Å². The summed E-state index contributed by atoms with van der Waals surface area (Å²) < 4.78 is 0. The molecule has 0 aromatic heterocycles. The van der Waals surface area contributed by atoms with Crippen LogP contribution in [0.5, 0.6) is 0 Å². The topological polar surface area (TPSA) is 77.0 Å². The third kappa shape index (κ3) is 6.92. The van der Waals surface area contributed by atoms with Gasteiger partial charge in [-0.3, -0.25) is 9.59 Å². The second-order valence-corrected chi connectivity index (χ2v) is 7.62. The maximum absolute atomic E-state index is 11.9. The molecule has 8 heteroatoms. The monoisotopic (exact) mass is 479 g/mol. The van der Waals surface area contributed by atoms with Crippen LogP contribution >= 0.6 is 24.0 Å². The fraction of sp³-hybridized carbons (Fsp3) is 0.833. The summed E-state index contributed by atoms with van der Waals surface area (Å²) in [6.45, 7) is 3.07. The molecule has 2 aliphatic rings. The number of nitrogens with one attached hydrogen (secondary N) is 2. The maximum Gasteiger partial charge on any atom is 0.243 e. The summed E-state index contributed by atoms with van der Waals surface area (Å²) in [7, 11) is 5.31. The minimum atomic E-state index is -0.0197. The molecular weight excluding hydrogens is 445 g/mol. The fourth-order valence-electron chi connectivity index (χ4n) is 3.45. The Morgan fingerprint density at radius 1 is 1.23 bits per heavy atom. The van der Waals surface area contributed by atoms with Gasteiger partial charge < -0.3 is 20.4 Å². The Labute approximate surface area is 174 Å². The van der Waals surface area contributed by atoms with Crippen LogP contribution in [0.1, 0.15) is 45.4 Å². The molecule has 0 aromatic rings. The summed E-state index contributed by atoms with van der Waals surface area (Å²) in [6.07, 6.45) is 6.22. The first-order chi connectivity index (χ1) is 11.9. The number of hydrogen-bond acceptors (Lipinski definition) is 3. The number of piperidine rings is 1. The average molecular weight is 479 g/mol. The quantitative estimate of drug-likeness (QED) is 0.364. The summed E-state index contributed by atoms with van der Waals surface area (Å²) in [4.78, 5) is 31.4. The molecule has 0 bridgehead atoms. The van der Waals surface area contributed by atoms with Gasteiger partial charge in [0.15, 0.2) is 5.96 Å². The van der Waals surface area contributed by atoms with E-state index in [1.807, 2.05) is 7.05 Å². The van der Waals surface area contributed by atoms with Crippen LogP contribution in [0.3, 0.4) is 0 Å². The van der Waals surface area contributed by atoms with E-state index in [1.54, 1.807) is 23.9 Å². The highest BCUT2D eigenvalue weighted by molar-refractivity contribution is 14.0. The molecule has 3 atom stereocenters. The van der Waals surface area contributed by atoms with E-state index in [1.165, 1.54) is 19.3 Å². The van der Waals surface area contributed by atoms with Gasteiger partial charge in [-0.25, -0.2) is 4.99 Å². The van der Waals surface area contributed by atoms with Crippen molar-refractivity contribution in [2.75, 3.05) is 34.2 Å². The van der Waals surface area contributed by atoms with Gasteiger partial charge in [-0.15, -0.1) is 24.0 Å². The van der Waals surface area contributed by atoms with Gasteiger partial charge in [0.05, 0.1) is 0 Å². The van der Waals surface area contributed by atoms with Gasteiger partial charge in [0.1, 0.15) is 6.54 Å². The number of likely N-dealkylation sites (tertiary alicyclic amines) is 1. The number of aliphatic imine (C=N–C) groups is 1. The number of rotatable bonds is 4. The summed E-state index contributed by atoms with van der Waals surface area (Å²) in [5.74, 6) is 1.46. The average Bonchev–Trinajstić information content (AvgIpc) is 2.57. The lowest BCUT2D eigenvalue weighted by Crippen LogP contribution is -2.54. The van der Waals surface area contributed by atoms with E-state index >= 15 is 0 Å². The van der Waals surface area contributed by atoms with Gasteiger partial charge in [0.2, 0.25) is 11.8 Å². The number of halogens is 1. The van der Waals surface area contributed by atoms with Gasteiger partial charge in [0.25, 0.3) is 0 Å². The summed E-state index contributed by atoms with van der Waals surface area (Å²) in [5, 5.41) is 6.98. The fourth-order valence-corrected chi connectivity index (χ4v) is 3.45. The summed E-state index contributed by atoms with van der Waals surface area (Å²) in [6, 6.07) is 0.555. The van der Waals surface area contributed by atoms with Gasteiger partial charge >= 0.3 is 0 Å². The van der Waals surface area contributed by atoms with Crippen LogP contribution in [0.15, 0.2) is 4.99 Å². The molecule has 0 aromatic carbocycles. The molecule has 1 aliphatic heterocycles. The predicted octanol–water partition coefficient (Wildman–Crippen LogP) is 1.43. The maximum atomic E-state index is 11.9. The molecule has 3 unspecified atom stereocenters. The lowest BCUT2D eigenvalue weighted by molar-refractivity contribution is -0.132. The number of hydrogen-bond donors (Lipinski definition) is 2. The number of carbonyl (C=O) groups excluding carboxylic acids is 2. The first-order valence-corrected chi connectivity index (χ1v) is 9.38. The molecular formula is C18H34IN5O2. The molecule has 1 saturated carbocycles. The molecule has 2 N–H and O–H groups in total. The number of nitrogens with zero attached hydrogens (tertiary/aromatic N) is 3. The standard InChI is InChI=1S/C18H33N5O2.HI/c1-13-7-5-6-8-15(13)21-18(19-11-17(25)22(2)3)20-14-9-10-16(24)23(4)12-14;/h13-15H,5-12H2,1-4H3,(H2,19,20,21);1H. The molecule has 150 valence electrons. The molecule has 1 aliphatic carbocycles. The smallest absolute Gasteiger partial charge is 0.243 e. The van der Waals surface area contributed by atoms with E-state index in [2.05, 4.69) is 22.5 Å². The van der Waals surface area contributed by atoms with Crippen molar-refractivity contribution in [3.05, 3.63) is 0 Å². The first-order valence-electron chi connectivity index (χ1n) is 9.38. The lowest BCUT2D eigenvalue weighted by Gasteiger charge is -2.34. The van der Waals surface area contributed by atoms with Crippen molar-refractivity contribution in [2.45, 2.75) is 57.5 Å². The van der Waals surface area contributed by atoms with Crippen molar-refractivity contribution in [3.8, 4) is 0 Å². The highest BCUT2D eigenvalue weighted by Gasteiger charge is 2.26. The second-order valence-electron chi connectivity index (χ2n) is 7.62. The molecule has 2 fully saturated rings. The van der Waals surface area contributed by atoms with Gasteiger partial charge in [-0.05, 0) is 25.2 Å². The van der Waals surface area contributed by atoms with Gasteiger partial charge in [-0.1, -0.05) is 19.8 Å². The van der Waals surface area contributed by atoms with E-state index in [0.29, 0.717) is 30.9 Å². The number of carbonyl (C=O) groups is 2. The molecule has 26 heavy (non-hydrogen) atoms. The Morgan fingerprint density at radius 2 is 1.92 bits per heavy atom. The predicted molar refractivity (Wildman–Crippen MR) is 115 cm³/mol. The van der Waals surface area contributed by atoms with Crippen molar-refractivity contribution < 1.29 is 9.59 Å². The Bertz CT molecular complexity index is 512. The van der Waals surface area contributed by atoms with E-state index in [0.717, 1.165) is 12.8 Å². The highest BCUT2D eigenvalue weighted by atomic mass is 127. The van der Waals surface area contributed by atoms with Crippen molar-refractivity contribution in [1.29, 1.82) is 0 Å². The third-order valence-corrected chi connectivity index (χ3v) is 5.27. The zero-order valence-electron chi connectivity index (χ0n) is 16.5. The summed E-state index contributed by atoms with van der Waals surface area (Å²) >= 11 is 0. The zero-order valence-corrected chi connectivity index (χ0v) is 18.8. The van der Waals surface area contributed by atoms with Crippen LogP contribution in [0.2, 0.25) is 0 Å². The zero-order chi connectivity index (χ0) is 18.4. The second kappa shape index (κ2) is 10.9. The van der Waals surface area contributed by atoms with E-state index < -0.39 is 0 Å². The lowest BCUT2D eigenvalue weighted by atomic mass is 9.86. The van der Waals surface area contributed by atoms with E-state index in [-0.39, 0.29) is 48.4 Å². The van der Waals surface area contributed by atoms with Crippen molar-refractivity contribution >= 4 is 41.8 Å². The largest absolute Gasteiger partial charge is 0.353 e. The Balaban J connectivity index is 0.00000338. The Kier molecular flexibility index (Phi) is 9.67. The molecule has 2 amide bonds. The number of likely N-dealkylation sites (N-methyl/N-ethyl adjacent to an activating group) is 2. The normalized spacial score (nSPS) is 26.8. The Hall–Kier alpha value is -1.06. The molecule has 7 nitrogen and oxygen atoms in total. The van der Waals surface area contributed by atoms with Crippen molar-refractivity contribution in [3.63, 3.8) is 0 Å². The highest BCUT2D eigenvalue weighted by Crippen LogP contribution is 2.23. The van der Waals surface area contributed by atoms with Gasteiger partial charge in [-0.2, -0.15) is 0 Å². The molecule has 2 rings (SSSR count). The first kappa shape index (κ1) is 23.0. The van der Waals surface area contributed by atoms with Gasteiger partial charge in [0, 0.05) is 46.2 Å². The minimum absolute atomic E-state index is 0. The minimum Gasteiger partial charge on any atom is -0.353 e. The molecule has 0 spiro atoms. The van der Waals surface area contributed by atoms with Crippen LogP contribution in [0, 0.1) is 5.92 Å². The molecule has 1 saturated heterocycles. The number of guanidine groups is 1. The van der Waals surface area contributed by atoms with E-state index in [9.17, 15) is 9.59 Å². The third-order valence-electron chi connectivity index (χ3n) is 5.27. The van der Waals surface area contributed by atoms with Crippen molar-refractivity contribution in [1.82, 2.24) is 20.4 Å². The van der Waals surface area contributed by atoms with Crippen molar-refractivity contribution in [2.24, 2.45) is 10.9 Å². The number of amides is 2. The SMILES string of the molecule is CC1CCCCC1NC(=NCC(=O)N(C)C)NC1CCC(=O)N(C)C1.I. The Morgan fingerprint density at radius 3 is 2.54 bits per heavy atom. The van der Waals surface area contributed by atoms with Crippen LogP contribution in [-0.4, -0.2) is 73.9 Å². The summed E-state index contributed by atoms with van der Waals surface area (Å²) in [5.41, 5.74) is 0. The molecule has 1 heterocycles. The van der Waals surface area contributed by atoms with Crippen LogP contribution in [0.25, 0.3) is 0 Å². The van der Waals surface area contributed by atoms with Crippen LogP contribution in [0.4, 0.5) is 0 Å². The van der Waals surface area contributed by atoms with E-state index in [4.69, 9.17) is 0 Å². The molecule has 0 radical (unpaired) electrons.